The van der Waals surface area contributed by atoms with Crippen LogP contribution >= 0.6 is 0 Å². The number of anilines is 1. The second kappa shape index (κ2) is 7.90. The Balaban J connectivity index is 1.34. The van der Waals surface area contributed by atoms with Crippen molar-refractivity contribution in [1.29, 1.82) is 0 Å². The van der Waals surface area contributed by atoms with Crippen molar-refractivity contribution in [3.8, 4) is 0 Å². The first kappa shape index (κ1) is 18.3. The van der Waals surface area contributed by atoms with E-state index in [4.69, 9.17) is 0 Å². The van der Waals surface area contributed by atoms with Crippen LogP contribution in [-0.4, -0.2) is 46.2 Å². The van der Waals surface area contributed by atoms with Crippen LogP contribution in [0.5, 0.6) is 0 Å². The first-order valence-corrected chi connectivity index (χ1v) is 9.90. The number of rotatable bonds is 4. The molecule has 6 heteroatoms. The van der Waals surface area contributed by atoms with Crippen LogP contribution < -0.4 is 4.90 Å². The molecule has 0 aliphatic carbocycles. The number of nitrogens with zero attached hydrogens (tertiary/aromatic N) is 4. The number of piperidine rings is 2. The maximum atomic E-state index is 14.1. The zero-order chi connectivity index (χ0) is 18.7. The molecule has 27 heavy (non-hydrogen) atoms. The zero-order valence-electron chi connectivity index (χ0n) is 15.6. The highest BCUT2D eigenvalue weighted by Crippen LogP contribution is 2.34. The van der Waals surface area contributed by atoms with Crippen molar-refractivity contribution in [2.75, 3.05) is 31.1 Å². The van der Waals surface area contributed by atoms with E-state index in [2.05, 4.69) is 19.8 Å². The quantitative estimate of drug-likeness (QED) is 0.896. The number of aliphatic hydroxyl groups is 1. The lowest BCUT2D eigenvalue weighted by Crippen LogP contribution is -2.42. The van der Waals surface area contributed by atoms with Gasteiger partial charge in [0.05, 0.1) is 5.60 Å². The monoisotopic (exact) mass is 370 g/mol. The number of benzene rings is 1. The van der Waals surface area contributed by atoms with Crippen molar-refractivity contribution in [2.45, 2.75) is 44.2 Å². The average molecular weight is 370 g/mol. The molecule has 1 N–H and O–H groups in total. The van der Waals surface area contributed by atoms with E-state index in [1.165, 1.54) is 25.3 Å². The highest BCUT2D eigenvalue weighted by atomic mass is 19.1. The first-order chi connectivity index (χ1) is 13.1. The van der Waals surface area contributed by atoms with Crippen LogP contribution in [0.3, 0.4) is 0 Å². The van der Waals surface area contributed by atoms with Gasteiger partial charge in [-0.2, -0.15) is 0 Å². The van der Waals surface area contributed by atoms with Gasteiger partial charge in [-0.05, 0) is 38.2 Å². The van der Waals surface area contributed by atoms with Crippen molar-refractivity contribution < 1.29 is 9.50 Å². The Kier molecular flexibility index (Phi) is 5.36. The molecule has 2 saturated heterocycles. The van der Waals surface area contributed by atoms with Crippen molar-refractivity contribution in [3.05, 3.63) is 53.6 Å². The molecule has 3 heterocycles. The van der Waals surface area contributed by atoms with Gasteiger partial charge in [-0.25, -0.2) is 14.4 Å². The third-order valence-electron chi connectivity index (χ3n) is 5.80. The summed E-state index contributed by atoms with van der Waals surface area (Å²) in [6, 6.07) is 6.55. The molecule has 0 unspecified atom stereocenters. The Bertz CT molecular complexity index is 753. The molecule has 2 fully saturated rings. The van der Waals surface area contributed by atoms with E-state index in [-0.39, 0.29) is 5.82 Å². The van der Waals surface area contributed by atoms with Gasteiger partial charge in [0, 0.05) is 56.2 Å². The normalized spacial score (nSPS) is 20.6. The summed E-state index contributed by atoms with van der Waals surface area (Å²) in [6.07, 6.45) is 8.60. The van der Waals surface area contributed by atoms with Gasteiger partial charge >= 0.3 is 0 Å². The van der Waals surface area contributed by atoms with Gasteiger partial charge in [0.2, 0.25) is 5.95 Å². The van der Waals surface area contributed by atoms with Gasteiger partial charge in [0.25, 0.3) is 0 Å². The van der Waals surface area contributed by atoms with Crippen LogP contribution in [0.1, 0.15) is 43.2 Å². The lowest BCUT2D eigenvalue weighted by molar-refractivity contribution is -0.0303. The summed E-state index contributed by atoms with van der Waals surface area (Å²) in [5, 5.41) is 10.9. The molecule has 0 saturated carbocycles. The van der Waals surface area contributed by atoms with Gasteiger partial charge in [-0.15, -0.1) is 0 Å². The molecule has 1 aromatic carbocycles. The second-order valence-corrected chi connectivity index (χ2v) is 7.73. The van der Waals surface area contributed by atoms with Crippen LogP contribution in [0.4, 0.5) is 10.3 Å². The van der Waals surface area contributed by atoms with Crippen molar-refractivity contribution in [3.63, 3.8) is 0 Å². The van der Waals surface area contributed by atoms with Crippen LogP contribution in [-0.2, 0) is 12.1 Å². The van der Waals surface area contributed by atoms with Gasteiger partial charge in [0.15, 0.2) is 0 Å². The second-order valence-electron chi connectivity index (χ2n) is 7.73. The van der Waals surface area contributed by atoms with E-state index in [0.717, 1.165) is 44.2 Å². The molecule has 4 rings (SSSR count). The molecule has 5 nitrogen and oxygen atoms in total. The molecule has 0 radical (unpaired) electrons. The third kappa shape index (κ3) is 4.12. The fraction of sp³-hybridized carbons (Fsp3) is 0.524. The highest BCUT2D eigenvalue weighted by molar-refractivity contribution is 5.30. The highest BCUT2D eigenvalue weighted by Gasteiger charge is 2.35. The van der Waals surface area contributed by atoms with E-state index in [1.807, 2.05) is 12.4 Å². The summed E-state index contributed by atoms with van der Waals surface area (Å²) in [5.41, 5.74) is 0.419. The van der Waals surface area contributed by atoms with Gasteiger partial charge in [0.1, 0.15) is 5.82 Å². The topological polar surface area (TPSA) is 52.5 Å². The summed E-state index contributed by atoms with van der Waals surface area (Å²) in [5.74, 6) is 0.501. The predicted molar refractivity (Wildman–Crippen MR) is 103 cm³/mol. The maximum absolute atomic E-state index is 14.1. The van der Waals surface area contributed by atoms with E-state index in [1.54, 1.807) is 18.2 Å². The summed E-state index contributed by atoms with van der Waals surface area (Å²) in [4.78, 5) is 13.6. The fourth-order valence-electron chi connectivity index (χ4n) is 4.13. The van der Waals surface area contributed by atoms with Gasteiger partial charge in [-0.3, -0.25) is 4.90 Å². The summed E-state index contributed by atoms with van der Waals surface area (Å²) < 4.78 is 14.1. The molecule has 2 aliphatic heterocycles. The predicted octanol–water partition coefficient (Wildman–Crippen LogP) is 3.09. The number of hydrogen-bond acceptors (Lipinski definition) is 5. The molecular weight excluding hydrogens is 343 g/mol. The standard InChI is InChI=1S/C21H27FN4O/c22-19-7-3-2-6-18(19)21(27)8-12-25(13-9-21)16-17-14-23-20(24-15-17)26-10-4-1-5-11-26/h2-3,6-7,14-15,27H,1,4-5,8-13,16H2. The number of hydrogen-bond donors (Lipinski definition) is 1. The first-order valence-electron chi connectivity index (χ1n) is 9.90. The Labute approximate surface area is 159 Å². The van der Waals surface area contributed by atoms with Crippen LogP contribution in [0.15, 0.2) is 36.7 Å². The number of aromatic nitrogens is 2. The molecule has 0 amide bonds. The molecule has 2 aromatic rings. The summed E-state index contributed by atoms with van der Waals surface area (Å²) in [6.45, 7) is 4.28. The Morgan fingerprint density at radius 3 is 2.30 bits per heavy atom. The van der Waals surface area contributed by atoms with Crippen LogP contribution in [0, 0.1) is 5.82 Å². The van der Waals surface area contributed by atoms with Crippen molar-refractivity contribution in [1.82, 2.24) is 14.9 Å². The number of likely N-dealkylation sites (tertiary alicyclic amines) is 1. The fourth-order valence-corrected chi connectivity index (χ4v) is 4.13. The van der Waals surface area contributed by atoms with Gasteiger partial charge in [-0.1, -0.05) is 18.2 Å². The van der Waals surface area contributed by atoms with E-state index < -0.39 is 5.60 Å². The van der Waals surface area contributed by atoms with Crippen molar-refractivity contribution >= 4 is 5.95 Å². The Hall–Kier alpha value is -2.05. The SMILES string of the molecule is OC1(c2ccccc2F)CCN(Cc2cnc(N3CCCCC3)nc2)CC1. The van der Waals surface area contributed by atoms with Crippen LogP contribution in [0.25, 0.3) is 0 Å². The van der Waals surface area contributed by atoms with Crippen molar-refractivity contribution in [2.24, 2.45) is 0 Å². The maximum Gasteiger partial charge on any atom is 0.225 e. The lowest BCUT2D eigenvalue weighted by Gasteiger charge is -2.38. The minimum atomic E-state index is -1.07. The Morgan fingerprint density at radius 1 is 0.963 bits per heavy atom. The minimum absolute atomic E-state index is 0.324. The van der Waals surface area contributed by atoms with E-state index in [9.17, 15) is 9.50 Å². The number of halogens is 1. The lowest BCUT2D eigenvalue weighted by atomic mass is 9.84. The zero-order valence-corrected chi connectivity index (χ0v) is 15.6. The summed E-state index contributed by atoms with van der Waals surface area (Å²) in [7, 11) is 0. The van der Waals surface area contributed by atoms with E-state index >= 15 is 0 Å². The molecule has 1 aromatic heterocycles. The summed E-state index contributed by atoms with van der Waals surface area (Å²) >= 11 is 0. The molecule has 144 valence electrons. The minimum Gasteiger partial charge on any atom is -0.385 e. The molecular formula is C21H27FN4O. The molecule has 0 atom stereocenters. The Morgan fingerprint density at radius 2 is 1.63 bits per heavy atom. The largest absolute Gasteiger partial charge is 0.385 e. The average Bonchev–Trinajstić information content (AvgIpc) is 2.71. The van der Waals surface area contributed by atoms with E-state index in [0.29, 0.717) is 18.4 Å². The molecule has 2 aliphatic rings. The molecule has 0 spiro atoms. The van der Waals surface area contributed by atoms with Gasteiger partial charge < -0.3 is 10.0 Å². The third-order valence-corrected chi connectivity index (χ3v) is 5.80. The van der Waals surface area contributed by atoms with Crippen LogP contribution in [0.2, 0.25) is 0 Å². The smallest absolute Gasteiger partial charge is 0.225 e. The molecule has 0 bridgehead atoms.